The van der Waals surface area contributed by atoms with Crippen molar-refractivity contribution in [1.29, 1.82) is 0 Å². The van der Waals surface area contributed by atoms with Gasteiger partial charge in [0, 0.05) is 13.1 Å². The van der Waals surface area contributed by atoms with E-state index in [4.69, 9.17) is 4.52 Å². The van der Waals surface area contributed by atoms with Crippen LogP contribution < -0.4 is 5.32 Å². The lowest BCUT2D eigenvalue weighted by atomic mass is 10.1. The molecule has 0 aliphatic rings. The first-order valence-electron chi connectivity index (χ1n) is 7.65. The Labute approximate surface area is 139 Å². The lowest BCUT2D eigenvalue weighted by Gasteiger charge is -2.20. The van der Waals surface area contributed by atoms with Crippen molar-refractivity contribution in [2.75, 3.05) is 13.1 Å². The Kier molecular flexibility index (Phi) is 5.68. The van der Waals surface area contributed by atoms with Gasteiger partial charge < -0.3 is 14.7 Å². The van der Waals surface area contributed by atoms with Crippen molar-refractivity contribution in [2.24, 2.45) is 0 Å². The van der Waals surface area contributed by atoms with Crippen LogP contribution in [0.5, 0.6) is 0 Å². The molecule has 0 spiro atoms. The number of hydrogen-bond donors (Lipinski definition) is 1. The highest BCUT2D eigenvalue weighted by atomic mass is 19.1. The van der Waals surface area contributed by atoms with Crippen molar-refractivity contribution in [2.45, 2.75) is 27.3 Å². The maximum absolute atomic E-state index is 12.8. The average molecular weight is 333 g/mol. The van der Waals surface area contributed by atoms with E-state index >= 15 is 0 Å². The lowest BCUT2D eigenvalue weighted by molar-refractivity contribution is -0.121. The molecule has 0 saturated heterocycles. The SMILES string of the molecule is CCN(CC(=O)NCc1ccc(F)cc1)C(=O)c1c(C)noc1C. The van der Waals surface area contributed by atoms with E-state index < -0.39 is 0 Å². The minimum atomic E-state index is -0.327. The molecule has 2 aromatic rings. The van der Waals surface area contributed by atoms with Gasteiger partial charge in [-0.25, -0.2) is 4.39 Å². The van der Waals surface area contributed by atoms with Crippen molar-refractivity contribution < 1.29 is 18.5 Å². The molecule has 0 atom stereocenters. The molecule has 1 heterocycles. The summed E-state index contributed by atoms with van der Waals surface area (Å²) in [6.07, 6.45) is 0. The van der Waals surface area contributed by atoms with E-state index in [9.17, 15) is 14.0 Å². The van der Waals surface area contributed by atoms with Gasteiger partial charge in [0.2, 0.25) is 5.91 Å². The second-order valence-corrected chi connectivity index (χ2v) is 5.42. The monoisotopic (exact) mass is 333 g/mol. The molecule has 128 valence electrons. The Morgan fingerprint density at radius 2 is 1.92 bits per heavy atom. The molecule has 1 aromatic carbocycles. The summed E-state index contributed by atoms with van der Waals surface area (Å²) in [6, 6.07) is 5.87. The van der Waals surface area contributed by atoms with E-state index in [1.165, 1.54) is 17.0 Å². The maximum atomic E-state index is 12.8. The third-order valence-corrected chi connectivity index (χ3v) is 3.65. The summed E-state index contributed by atoms with van der Waals surface area (Å²) in [5.41, 5.74) is 1.68. The Balaban J connectivity index is 1.95. The molecular formula is C17H20FN3O3. The number of carbonyl (C=O) groups excluding carboxylic acids is 2. The first kappa shape index (κ1) is 17.7. The summed E-state index contributed by atoms with van der Waals surface area (Å²) < 4.78 is 17.9. The van der Waals surface area contributed by atoms with Gasteiger partial charge in [0.05, 0.1) is 12.2 Å². The fraction of sp³-hybridized carbons (Fsp3) is 0.353. The van der Waals surface area contributed by atoms with Crippen molar-refractivity contribution in [3.8, 4) is 0 Å². The molecule has 1 aromatic heterocycles. The highest BCUT2D eigenvalue weighted by molar-refractivity contribution is 5.98. The van der Waals surface area contributed by atoms with E-state index in [0.29, 0.717) is 23.6 Å². The molecule has 7 heteroatoms. The fourth-order valence-electron chi connectivity index (χ4n) is 2.31. The van der Waals surface area contributed by atoms with Crippen molar-refractivity contribution in [3.05, 3.63) is 52.7 Å². The summed E-state index contributed by atoms with van der Waals surface area (Å²) in [7, 11) is 0. The number of hydrogen-bond acceptors (Lipinski definition) is 4. The van der Waals surface area contributed by atoms with Gasteiger partial charge in [0.25, 0.3) is 5.91 Å². The van der Waals surface area contributed by atoms with Crippen LogP contribution in [0.2, 0.25) is 0 Å². The summed E-state index contributed by atoms with van der Waals surface area (Å²) >= 11 is 0. The number of aryl methyl sites for hydroxylation is 2. The summed E-state index contributed by atoms with van der Waals surface area (Å²) in [4.78, 5) is 26.0. The number of benzene rings is 1. The van der Waals surface area contributed by atoms with E-state index in [1.54, 1.807) is 32.9 Å². The van der Waals surface area contributed by atoms with Gasteiger partial charge in [-0.15, -0.1) is 0 Å². The van der Waals surface area contributed by atoms with E-state index in [-0.39, 0.29) is 30.7 Å². The van der Waals surface area contributed by atoms with Crippen LogP contribution in [0.4, 0.5) is 4.39 Å². The molecule has 24 heavy (non-hydrogen) atoms. The van der Waals surface area contributed by atoms with Crippen LogP contribution in [-0.4, -0.2) is 35.0 Å². The number of nitrogens with one attached hydrogen (secondary N) is 1. The van der Waals surface area contributed by atoms with E-state index in [2.05, 4.69) is 10.5 Å². The predicted molar refractivity (Wildman–Crippen MR) is 85.8 cm³/mol. The Morgan fingerprint density at radius 3 is 2.46 bits per heavy atom. The van der Waals surface area contributed by atoms with Crippen molar-refractivity contribution in [3.63, 3.8) is 0 Å². The van der Waals surface area contributed by atoms with Gasteiger partial charge in [-0.1, -0.05) is 17.3 Å². The van der Waals surface area contributed by atoms with Crippen molar-refractivity contribution >= 4 is 11.8 Å². The topological polar surface area (TPSA) is 75.4 Å². The number of rotatable bonds is 6. The number of carbonyl (C=O) groups is 2. The molecule has 1 N–H and O–H groups in total. The van der Waals surface area contributed by atoms with Gasteiger partial charge in [-0.05, 0) is 38.5 Å². The van der Waals surface area contributed by atoms with Gasteiger partial charge in [-0.3, -0.25) is 9.59 Å². The van der Waals surface area contributed by atoms with Gasteiger partial charge in [-0.2, -0.15) is 0 Å². The Morgan fingerprint density at radius 1 is 1.25 bits per heavy atom. The first-order chi connectivity index (χ1) is 11.4. The third kappa shape index (κ3) is 4.18. The molecule has 2 rings (SSSR count). The van der Waals surface area contributed by atoms with Crippen LogP contribution in [0.25, 0.3) is 0 Å². The number of halogens is 1. The molecule has 0 saturated carbocycles. The average Bonchev–Trinajstić information content (AvgIpc) is 2.90. The van der Waals surface area contributed by atoms with Crippen LogP contribution in [0.3, 0.4) is 0 Å². The maximum Gasteiger partial charge on any atom is 0.259 e. The molecule has 0 fully saturated rings. The summed E-state index contributed by atoms with van der Waals surface area (Å²) in [5, 5.41) is 6.48. The van der Waals surface area contributed by atoms with Crippen LogP contribution in [0.15, 0.2) is 28.8 Å². The van der Waals surface area contributed by atoms with Gasteiger partial charge in [0.15, 0.2) is 0 Å². The molecule has 0 bridgehead atoms. The smallest absolute Gasteiger partial charge is 0.259 e. The number of likely N-dealkylation sites (N-methyl/N-ethyl adjacent to an activating group) is 1. The van der Waals surface area contributed by atoms with Gasteiger partial charge >= 0.3 is 0 Å². The normalized spacial score (nSPS) is 10.5. The lowest BCUT2D eigenvalue weighted by Crippen LogP contribution is -2.40. The van der Waals surface area contributed by atoms with Crippen LogP contribution in [0, 0.1) is 19.7 Å². The quantitative estimate of drug-likeness (QED) is 0.879. The first-order valence-corrected chi connectivity index (χ1v) is 7.65. The highest BCUT2D eigenvalue weighted by Crippen LogP contribution is 2.15. The fourth-order valence-corrected chi connectivity index (χ4v) is 2.31. The standard InChI is InChI=1S/C17H20FN3O3/c1-4-21(17(23)16-11(2)20-24-12(16)3)10-15(22)19-9-13-5-7-14(18)8-6-13/h5-8H,4,9-10H2,1-3H3,(H,19,22). The number of amides is 2. The number of aromatic nitrogens is 1. The third-order valence-electron chi connectivity index (χ3n) is 3.65. The van der Waals surface area contributed by atoms with Crippen LogP contribution in [0.1, 0.15) is 34.3 Å². The van der Waals surface area contributed by atoms with Gasteiger partial charge in [0.1, 0.15) is 17.1 Å². The zero-order chi connectivity index (χ0) is 17.7. The second kappa shape index (κ2) is 7.72. The van der Waals surface area contributed by atoms with E-state index in [1.807, 2.05) is 0 Å². The molecule has 0 radical (unpaired) electrons. The summed E-state index contributed by atoms with van der Waals surface area (Å²) in [6.45, 7) is 5.73. The highest BCUT2D eigenvalue weighted by Gasteiger charge is 2.23. The molecule has 0 aliphatic carbocycles. The summed E-state index contributed by atoms with van der Waals surface area (Å²) in [5.74, 6) is -0.470. The molecular weight excluding hydrogens is 313 g/mol. The molecule has 0 aliphatic heterocycles. The zero-order valence-corrected chi connectivity index (χ0v) is 13.9. The largest absolute Gasteiger partial charge is 0.361 e. The zero-order valence-electron chi connectivity index (χ0n) is 13.9. The molecule has 6 nitrogen and oxygen atoms in total. The predicted octanol–water partition coefficient (Wildman–Crippen LogP) is 2.21. The number of nitrogens with zero attached hydrogens (tertiary/aromatic N) is 2. The minimum Gasteiger partial charge on any atom is -0.361 e. The Bertz CT molecular complexity index is 706. The van der Waals surface area contributed by atoms with Crippen LogP contribution in [-0.2, 0) is 11.3 Å². The minimum absolute atomic E-state index is 0.0689. The second-order valence-electron chi connectivity index (χ2n) is 5.42. The van der Waals surface area contributed by atoms with Crippen molar-refractivity contribution in [1.82, 2.24) is 15.4 Å². The van der Waals surface area contributed by atoms with E-state index in [0.717, 1.165) is 5.56 Å². The molecule has 0 unspecified atom stereocenters. The van der Waals surface area contributed by atoms with Crippen LogP contribution >= 0.6 is 0 Å². The Hall–Kier alpha value is -2.70. The molecule has 2 amide bonds.